The summed E-state index contributed by atoms with van der Waals surface area (Å²) in [5.74, 6) is 0. The number of nitrogens with zero attached hydrogens (tertiary/aromatic N) is 2. The molecule has 1 aromatic rings. The molecule has 0 saturated carbocycles. The number of nitrogen functional groups attached to an aromatic ring is 1. The third kappa shape index (κ3) is 3.23. The van der Waals surface area contributed by atoms with Gasteiger partial charge < -0.3 is 16.0 Å². The van der Waals surface area contributed by atoms with Gasteiger partial charge in [0.2, 0.25) is 0 Å². The van der Waals surface area contributed by atoms with E-state index in [0.29, 0.717) is 5.41 Å². The number of piperidine rings is 2. The van der Waals surface area contributed by atoms with E-state index in [1.165, 1.54) is 38.8 Å². The van der Waals surface area contributed by atoms with Crippen molar-refractivity contribution in [3.63, 3.8) is 0 Å². The van der Waals surface area contributed by atoms with Crippen molar-refractivity contribution in [1.82, 2.24) is 10.3 Å². The highest BCUT2D eigenvalue weighted by Gasteiger charge is 2.35. The van der Waals surface area contributed by atoms with E-state index in [-0.39, 0.29) is 0 Å². The van der Waals surface area contributed by atoms with Crippen LogP contribution in [0.15, 0.2) is 18.5 Å². The van der Waals surface area contributed by atoms with Gasteiger partial charge >= 0.3 is 0 Å². The van der Waals surface area contributed by atoms with Gasteiger partial charge in [-0.3, -0.25) is 4.98 Å². The number of rotatable bonds is 1. The average molecular weight is 276 g/mol. The lowest BCUT2D eigenvalue weighted by molar-refractivity contribution is 0.155. The van der Waals surface area contributed by atoms with Crippen molar-refractivity contribution in [3.05, 3.63) is 18.5 Å². The lowest BCUT2D eigenvalue weighted by Gasteiger charge is -2.45. The van der Waals surface area contributed by atoms with Crippen molar-refractivity contribution < 1.29 is 0 Å². The van der Waals surface area contributed by atoms with Crippen LogP contribution >= 0.6 is 0 Å². The van der Waals surface area contributed by atoms with Gasteiger partial charge in [-0.2, -0.15) is 0 Å². The molecule has 2 fully saturated rings. The van der Waals surface area contributed by atoms with Gasteiger partial charge in [0.15, 0.2) is 0 Å². The summed E-state index contributed by atoms with van der Waals surface area (Å²) in [6.07, 6.45) is 8.87. The molecule has 112 valence electrons. The van der Waals surface area contributed by atoms with Gasteiger partial charge in [0, 0.05) is 19.3 Å². The quantitative estimate of drug-likeness (QED) is 0.828. The minimum absolute atomic E-state index is 0.601. The van der Waals surface area contributed by atoms with E-state index < -0.39 is 0 Å². The summed E-state index contributed by atoms with van der Waals surface area (Å²) in [6, 6.07) is 2.04. The van der Waals surface area contributed by atoms with Gasteiger partial charge in [-0.1, -0.05) is 13.8 Å². The smallest absolute Gasteiger partial charge is 0.0738 e. The lowest BCUT2D eigenvalue weighted by Crippen LogP contribution is -2.45. The summed E-state index contributed by atoms with van der Waals surface area (Å²) in [5, 5.41) is 3.47. The minimum atomic E-state index is 0.601. The van der Waals surface area contributed by atoms with Crippen molar-refractivity contribution in [1.29, 1.82) is 0 Å². The second-order valence-electron chi connectivity index (χ2n) is 5.67. The van der Waals surface area contributed by atoms with Crippen LogP contribution < -0.4 is 16.0 Å². The molecule has 1 aromatic heterocycles. The molecule has 4 heteroatoms. The van der Waals surface area contributed by atoms with Crippen LogP contribution in [0.4, 0.5) is 11.4 Å². The average Bonchev–Trinajstić information content (AvgIpc) is 2.52. The summed E-state index contributed by atoms with van der Waals surface area (Å²) in [4.78, 5) is 6.48. The van der Waals surface area contributed by atoms with E-state index >= 15 is 0 Å². The molecule has 0 atom stereocenters. The highest BCUT2D eigenvalue weighted by atomic mass is 15.1. The zero-order valence-corrected chi connectivity index (χ0v) is 12.9. The standard InChI is InChI=1S/C14H22N4.C2H6/c15-12-11-17-6-1-13(12)18-9-4-14(5-10-18)2-7-16-8-3-14;1-2/h1,6,11,16H,2-5,7-10,15H2;1-2H3. The number of nitrogens with one attached hydrogen (secondary N) is 1. The van der Waals surface area contributed by atoms with Crippen LogP contribution in [0.25, 0.3) is 0 Å². The van der Waals surface area contributed by atoms with E-state index in [4.69, 9.17) is 5.73 Å². The number of hydrogen-bond acceptors (Lipinski definition) is 4. The van der Waals surface area contributed by atoms with Gasteiger partial charge in [0.25, 0.3) is 0 Å². The van der Waals surface area contributed by atoms with Crippen LogP contribution in [0.5, 0.6) is 0 Å². The number of pyridine rings is 1. The molecule has 3 rings (SSSR count). The van der Waals surface area contributed by atoms with Crippen molar-refractivity contribution in [2.24, 2.45) is 5.41 Å². The van der Waals surface area contributed by atoms with E-state index in [2.05, 4.69) is 15.2 Å². The second kappa shape index (κ2) is 6.93. The zero-order chi connectivity index (χ0) is 14.4. The SMILES string of the molecule is CC.Nc1cnccc1N1CCC2(CCNCC2)CC1. The summed E-state index contributed by atoms with van der Waals surface area (Å²) in [6.45, 7) is 8.65. The first kappa shape index (κ1) is 15.1. The van der Waals surface area contributed by atoms with Crippen LogP contribution in [0.3, 0.4) is 0 Å². The molecular formula is C16H28N4. The monoisotopic (exact) mass is 276 g/mol. The van der Waals surface area contributed by atoms with Gasteiger partial charge in [-0.05, 0) is 50.3 Å². The zero-order valence-electron chi connectivity index (χ0n) is 12.9. The van der Waals surface area contributed by atoms with E-state index in [1.807, 2.05) is 26.1 Å². The van der Waals surface area contributed by atoms with Crippen LogP contribution in [0.1, 0.15) is 39.5 Å². The summed E-state index contributed by atoms with van der Waals surface area (Å²) in [5.41, 5.74) is 8.57. The van der Waals surface area contributed by atoms with Crippen molar-refractivity contribution >= 4 is 11.4 Å². The molecule has 1 spiro atoms. The Kier molecular flexibility index (Phi) is 5.24. The molecule has 0 radical (unpaired) electrons. The first-order valence-electron chi connectivity index (χ1n) is 7.94. The molecule has 2 aliphatic rings. The minimum Gasteiger partial charge on any atom is -0.396 e. The third-order valence-electron chi connectivity index (χ3n) is 4.66. The predicted octanol–water partition coefficient (Wildman–Crippen LogP) is 2.66. The Morgan fingerprint density at radius 1 is 1.15 bits per heavy atom. The number of aromatic nitrogens is 1. The number of anilines is 2. The molecule has 2 saturated heterocycles. The normalized spacial score (nSPS) is 21.2. The fourth-order valence-electron chi connectivity index (χ4n) is 3.37. The van der Waals surface area contributed by atoms with Gasteiger partial charge in [-0.25, -0.2) is 0 Å². The van der Waals surface area contributed by atoms with Crippen molar-refractivity contribution in [2.45, 2.75) is 39.5 Å². The molecule has 0 amide bonds. The summed E-state index contributed by atoms with van der Waals surface area (Å²) >= 11 is 0. The van der Waals surface area contributed by atoms with Crippen LogP contribution in [-0.4, -0.2) is 31.2 Å². The Balaban J connectivity index is 0.000000704. The van der Waals surface area contributed by atoms with Gasteiger partial charge in [-0.15, -0.1) is 0 Å². The highest BCUT2D eigenvalue weighted by Crippen LogP contribution is 2.41. The molecule has 0 aromatic carbocycles. The lowest BCUT2D eigenvalue weighted by atomic mass is 9.71. The molecule has 3 N–H and O–H groups in total. The maximum atomic E-state index is 6.01. The molecule has 0 bridgehead atoms. The first-order chi connectivity index (χ1) is 9.79. The Bertz CT molecular complexity index is 403. The second-order valence-corrected chi connectivity index (χ2v) is 5.67. The Morgan fingerprint density at radius 3 is 2.40 bits per heavy atom. The summed E-state index contributed by atoms with van der Waals surface area (Å²) in [7, 11) is 0. The predicted molar refractivity (Wildman–Crippen MR) is 86.0 cm³/mol. The Hall–Kier alpha value is -1.29. The topological polar surface area (TPSA) is 54.2 Å². The van der Waals surface area contributed by atoms with Gasteiger partial charge in [0.1, 0.15) is 0 Å². The summed E-state index contributed by atoms with van der Waals surface area (Å²) < 4.78 is 0. The van der Waals surface area contributed by atoms with E-state index in [9.17, 15) is 0 Å². The molecule has 2 aliphatic heterocycles. The van der Waals surface area contributed by atoms with E-state index in [1.54, 1.807) is 6.20 Å². The van der Waals surface area contributed by atoms with Crippen LogP contribution in [0, 0.1) is 5.41 Å². The fourth-order valence-corrected chi connectivity index (χ4v) is 3.37. The first-order valence-corrected chi connectivity index (χ1v) is 7.94. The van der Waals surface area contributed by atoms with Crippen LogP contribution in [-0.2, 0) is 0 Å². The third-order valence-corrected chi connectivity index (χ3v) is 4.66. The molecule has 0 aliphatic carbocycles. The van der Waals surface area contributed by atoms with Gasteiger partial charge in [0.05, 0.1) is 17.6 Å². The Morgan fingerprint density at radius 2 is 1.80 bits per heavy atom. The fraction of sp³-hybridized carbons (Fsp3) is 0.688. The number of hydrogen-bond donors (Lipinski definition) is 2. The maximum absolute atomic E-state index is 6.01. The molecular weight excluding hydrogens is 248 g/mol. The van der Waals surface area contributed by atoms with Crippen molar-refractivity contribution in [3.8, 4) is 0 Å². The molecule has 0 unspecified atom stereocenters. The molecule has 3 heterocycles. The largest absolute Gasteiger partial charge is 0.396 e. The van der Waals surface area contributed by atoms with Crippen LogP contribution in [0.2, 0.25) is 0 Å². The van der Waals surface area contributed by atoms with Crippen molar-refractivity contribution in [2.75, 3.05) is 36.8 Å². The molecule has 20 heavy (non-hydrogen) atoms. The number of nitrogens with two attached hydrogens (primary N) is 1. The maximum Gasteiger partial charge on any atom is 0.0738 e. The van der Waals surface area contributed by atoms with E-state index in [0.717, 1.165) is 24.5 Å². The Labute approximate surface area is 122 Å². The highest BCUT2D eigenvalue weighted by molar-refractivity contribution is 5.66. The molecule has 4 nitrogen and oxygen atoms in total.